The average molecular weight is 427 g/mol. The summed E-state index contributed by atoms with van der Waals surface area (Å²) >= 11 is 1.48. The van der Waals surface area contributed by atoms with Gasteiger partial charge in [0.05, 0.1) is 28.7 Å². The molecule has 0 aliphatic carbocycles. The molecular formula is C20H18FN5O3S. The van der Waals surface area contributed by atoms with Gasteiger partial charge in [-0.25, -0.2) is 9.37 Å². The lowest BCUT2D eigenvalue weighted by Gasteiger charge is -2.20. The minimum absolute atomic E-state index is 0.145. The molecule has 1 amide bonds. The minimum Gasteiger partial charge on any atom is -0.418 e. The molecule has 10 heteroatoms. The van der Waals surface area contributed by atoms with Crippen molar-refractivity contribution in [1.29, 1.82) is 0 Å². The van der Waals surface area contributed by atoms with Crippen LogP contribution in [-0.4, -0.2) is 37.1 Å². The van der Waals surface area contributed by atoms with Gasteiger partial charge >= 0.3 is 0 Å². The Hall–Kier alpha value is -3.40. The van der Waals surface area contributed by atoms with Crippen LogP contribution in [0.1, 0.15) is 19.2 Å². The van der Waals surface area contributed by atoms with Crippen molar-refractivity contribution in [2.75, 3.05) is 6.54 Å². The number of hydrogen-bond acceptors (Lipinski definition) is 7. The van der Waals surface area contributed by atoms with Crippen LogP contribution in [-0.2, 0) is 17.9 Å². The van der Waals surface area contributed by atoms with Gasteiger partial charge in [0.25, 0.3) is 11.4 Å². The summed E-state index contributed by atoms with van der Waals surface area (Å²) in [4.78, 5) is 32.0. The van der Waals surface area contributed by atoms with Crippen molar-refractivity contribution in [3.8, 4) is 10.8 Å². The fraction of sp³-hybridized carbons (Fsp3) is 0.250. The highest BCUT2D eigenvalue weighted by atomic mass is 32.1. The van der Waals surface area contributed by atoms with Crippen molar-refractivity contribution >= 4 is 28.1 Å². The first-order valence-corrected chi connectivity index (χ1v) is 10.2. The number of aromatic nitrogens is 4. The first-order valence-electron chi connectivity index (χ1n) is 9.34. The second-order valence-electron chi connectivity index (χ2n) is 6.63. The first-order chi connectivity index (χ1) is 14.5. The molecule has 4 aromatic rings. The monoisotopic (exact) mass is 427 g/mol. The van der Waals surface area contributed by atoms with Crippen LogP contribution in [0.25, 0.3) is 21.7 Å². The van der Waals surface area contributed by atoms with Crippen molar-refractivity contribution in [2.45, 2.75) is 26.4 Å². The van der Waals surface area contributed by atoms with Crippen LogP contribution in [0.15, 0.2) is 51.3 Å². The normalized spacial score (nSPS) is 11.1. The van der Waals surface area contributed by atoms with Crippen molar-refractivity contribution in [2.24, 2.45) is 0 Å². The largest absolute Gasteiger partial charge is 0.418 e. The van der Waals surface area contributed by atoms with Crippen molar-refractivity contribution in [3.63, 3.8) is 0 Å². The molecule has 0 saturated heterocycles. The maximum absolute atomic E-state index is 13.3. The quantitative estimate of drug-likeness (QED) is 0.450. The summed E-state index contributed by atoms with van der Waals surface area (Å²) in [7, 11) is 0. The lowest BCUT2D eigenvalue weighted by Crippen LogP contribution is -2.36. The van der Waals surface area contributed by atoms with Crippen molar-refractivity contribution < 1.29 is 13.6 Å². The van der Waals surface area contributed by atoms with E-state index in [2.05, 4.69) is 15.2 Å². The second-order valence-corrected chi connectivity index (χ2v) is 7.58. The molecule has 1 aromatic carbocycles. The molecule has 0 fully saturated rings. The number of carbonyl (C=O) groups excluding carboxylic acids is 1. The van der Waals surface area contributed by atoms with E-state index in [1.807, 2.05) is 24.4 Å². The van der Waals surface area contributed by atoms with Gasteiger partial charge < -0.3 is 9.32 Å². The van der Waals surface area contributed by atoms with Crippen LogP contribution in [0.2, 0.25) is 0 Å². The molecular weight excluding hydrogens is 409 g/mol. The van der Waals surface area contributed by atoms with E-state index in [0.29, 0.717) is 18.3 Å². The molecule has 0 spiro atoms. The summed E-state index contributed by atoms with van der Waals surface area (Å²) < 4.78 is 20.2. The molecule has 0 radical (unpaired) electrons. The molecule has 0 aliphatic heterocycles. The lowest BCUT2D eigenvalue weighted by molar-refractivity contribution is -0.132. The summed E-state index contributed by atoms with van der Waals surface area (Å²) in [5.74, 6) is -0.0253. The molecule has 154 valence electrons. The topological polar surface area (TPSA) is 94.1 Å². The summed E-state index contributed by atoms with van der Waals surface area (Å²) in [6.45, 7) is 2.37. The SMILES string of the molecule is CCCN(Cc1nnc(-c2cccs2)o1)C(=O)Cn1cnc2cc(F)ccc2c1=O. The number of amides is 1. The number of hydrogen-bond donors (Lipinski definition) is 0. The van der Waals surface area contributed by atoms with Gasteiger partial charge in [-0.2, -0.15) is 0 Å². The number of nitrogens with zero attached hydrogens (tertiary/aromatic N) is 5. The van der Waals surface area contributed by atoms with E-state index in [1.54, 1.807) is 4.90 Å². The maximum Gasteiger partial charge on any atom is 0.261 e. The number of fused-ring (bicyclic) bond motifs is 1. The number of halogens is 1. The summed E-state index contributed by atoms with van der Waals surface area (Å²) in [6.07, 6.45) is 1.98. The zero-order chi connectivity index (χ0) is 21.1. The van der Waals surface area contributed by atoms with Gasteiger partial charge in [-0.15, -0.1) is 21.5 Å². The first kappa shape index (κ1) is 19.9. The molecule has 30 heavy (non-hydrogen) atoms. The third-order valence-corrected chi connectivity index (χ3v) is 5.32. The van der Waals surface area contributed by atoms with Gasteiger partial charge in [0.15, 0.2) is 0 Å². The molecule has 0 atom stereocenters. The van der Waals surface area contributed by atoms with E-state index in [9.17, 15) is 14.0 Å². The average Bonchev–Trinajstić information content (AvgIpc) is 3.41. The van der Waals surface area contributed by atoms with Gasteiger partial charge in [0.2, 0.25) is 11.8 Å². The molecule has 0 N–H and O–H groups in total. The summed E-state index contributed by atoms with van der Waals surface area (Å²) in [5, 5.41) is 10.2. The minimum atomic E-state index is -0.473. The van der Waals surface area contributed by atoms with Gasteiger partial charge in [-0.3, -0.25) is 14.2 Å². The molecule has 3 heterocycles. The van der Waals surface area contributed by atoms with Gasteiger partial charge in [-0.1, -0.05) is 13.0 Å². The molecule has 8 nitrogen and oxygen atoms in total. The molecule has 0 saturated carbocycles. The van der Waals surface area contributed by atoms with Crippen LogP contribution in [0.4, 0.5) is 4.39 Å². The van der Waals surface area contributed by atoms with Crippen LogP contribution in [0, 0.1) is 5.82 Å². The van der Waals surface area contributed by atoms with E-state index in [4.69, 9.17) is 4.42 Å². The molecule has 0 aliphatic rings. The molecule has 4 rings (SSSR count). The van der Waals surface area contributed by atoms with Gasteiger partial charge in [0.1, 0.15) is 12.4 Å². The van der Waals surface area contributed by atoms with Gasteiger partial charge in [0, 0.05) is 12.6 Å². The lowest BCUT2D eigenvalue weighted by atomic mass is 10.2. The van der Waals surface area contributed by atoms with Crippen LogP contribution < -0.4 is 5.56 Å². The van der Waals surface area contributed by atoms with Gasteiger partial charge in [-0.05, 0) is 30.0 Å². The Bertz CT molecular complexity index is 1230. The molecule has 0 bridgehead atoms. The van der Waals surface area contributed by atoms with Crippen molar-refractivity contribution in [3.05, 3.63) is 64.1 Å². The van der Waals surface area contributed by atoms with Crippen LogP contribution >= 0.6 is 11.3 Å². The smallest absolute Gasteiger partial charge is 0.261 e. The molecule has 0 unspecified atom stereocenters. The standard InChI is InChI=1S/C20H18FN5O3S/c1-2-7-25(10-17-23-24-19(29-17)16-4-3-8-30-16)18(27)11-26-12-22-15-9-13(21)5-6-14(15)20(26)28/h3-6,8-9,12H,2,7,10-11H2,1H3. The Morgan fingerprint density at radius 1 is 1.30 bits per heavy atom. The van der Waals surface area contributed by atoms with Crippen LogP contribution in [0.5, 0.6) is 0 Å². The molecule has 3 aromatic heterocycles. The van der Waals surface area contributed by atoms with E-state index < -0.39 is 11.4 Å². The zero-order valence-electron chi connectivity index (χ0n) is 16.1. The predicted octanol–water partition coefficient (Wildman–Crippen LogP) is 3.09. The van der Waals surface area contributed by atoms with E-state index in [1.165, 1.54) is 40.4 Å². The Kier molecular flexibility index (Phi) is 5.66. The third kappa shape index (κ3) is 4.13. The van der Waals surface area contributed by atoms with Crippen LogP contribution in [0.3, 0.4) is 0 Å². The van der Waals surface area contributed by atoms with E-state index in [-0.39, 0.29) is 29.9 Å². The fourth-order valence-corrected chi connectivity index (χ4v) is 3.68. The maximum atomic E-state index is 13.3. The van der Waals surface area contributed by atoms with Crippen molar-refractivity contribution in [1.82, 2.24) is 24.6 Å². The summed E-state index contributed by atoms with van der Waals surface area (Å²) in [6, 6.07) is 7.52. The third-order valence-electron chi connectivity index (χ3n) is 4.46. The highest BCUT2D eigenvalue weighted by Crippen LogP contribution is 2.23. The highest BCUT2D eigenvalue weighted by Gasteiger charge is 2.19. The predicted molar refractivity (Wildman–Crippen MR) is 109 cm³/mol. The Morgan fingerprint density at radius 2 is 2.17 bits per heavy atom. The number of thiophene rings is 1. The Labute approximate surface area is 174 Å². The fourth-order valence-electron chi connectivity index (χ4n) is 3.03. The zero-order valence-corrected chi connectivity index (χ0v) is 16.9. The van der Waals surface area contributed by atoms with E-state index in [0.717, 1.165) is 11.3 Å². The number of carbonyl (C=O) groups is 1. The van der Waals surface area contributed by atoms with E-state index >= 15 is 0 Å². The summed E-state index contributed by atoms with van der Waals surface area (Å²) in [5.41, 5.74) is -0.149. The number of benzene rings is 1. The second kappa shape index (κ2) is 8.54. The highest BCUT2D eigenvalue weighted by molar-refractivity contribution is 7.13. The number of rotatable bonds is 7. The Balaban J connectivity index is 1.53. The Morgan fingerprint density at radius 3 is 2.93 bits per heavy atom.